The average Bonchev–Trinajstić information content (AvgIpc) is 3.32. The number of ether oxygens (including phenoxy) is 1. The van der Waals surface area contributed by atoms with E-state index in [1.807, 2.05) is 4.90 Å². The van der Waals surface area contributed by atoms with Gasteiger partial charge in [0.1, 0.15) is 5.82 Å². The highest BCUT2D eigenvalue weighted by atomic mass is 19.4. The van der Waals surface area contributed by atoms with Crippen LogP contribution in [0.2, 0.25) is 0 Å². The Labute approximate surface area is 199 Å². The zero-order valence-electron chi connectivity index (χ0n) is 19.0. The van der Waals surface area contributed by atoms with Crippen molar-refractivity contribution < 1.29 is 31.6 Å². The van der Waals surface area contributed by atoms with Crippen molar-refractivity contribution in [1.82, 2.24) is 15.5 Å². The second-order valence-electron chi connectivity index (χ2n) is 8.19. The maximum Gasteiger partial charge on any atom is 0.416 e. The lowest BCUT2D eigenvalue weighted by Gasteiger charge is -2.29. The molecular formula is C24H24F4N4O3. The van der Waals surface area contributed by atoms with Gasteiger partial charge in [0.05, 0.1) is 18.8 Å². The van der Waals surface area contributed by atoms with E-state index < -0.39 is 23.5 Å². The lowest BCUT2D eigenvalue weighted by molar-refractivity contribution is -0.138. The molecule has 1 aliphatic heterocycles. The normalized spacial score (nSPS) is 14.3. The molecule has 35 heavy (non-hydrogen) atoms. The number of carbonyl (C=O) groups excluding carboxylic acids is 1. The van der Waals surface area contributed by atoms with Gasteiger partial charge >= 0.3 is 6.18 Å². The number of nitrogens with zero attached hydrogens (tertiary/aromatic N) is 3. The van der Waals surface area contributed by atoms with E-state index in [-0.39, 0.29) is 36.7 Å². The molecule has 7 nitrogen and oxygen atoms in total. The van der Waals surface area contributed by atoms with E-state index in [1.165, 1.54) is 12.1 Å². The Hall–Kier alpha value is -3.47. The van der Waals surface area contributed by atoms with Crippen molar-refractivity contribution in [2.24, 2.45) is 0 Å². The van der Waals surface area contributed by atoms with Crippen molar-refractivity contribution in [3.63, 3.8) is 0 Å². The SMILES string of the molecule is Cc1ccc(-c2noc(CCC(=O)NCc3ccc(N4CCOCC4)cc3C(F)(F)F)n2)cc1F. The van der Waals surface area contributed by atoms with Gasteiger partial charge in [0.2, 0.25) is 17.6 Å². The van der Waals surface area contributed by atoms with E-state index >= 15 is 0 Å². The fraction of sp³-hybridized carbons (Fsp3) is 0.375. The Morgan fingerprint density at radius 1 is 1.14 bits per heavy atom. The number of anilines is 1. The summed E-state index contributed by atoms with van der Waals surface area (Å²) in [5.41, 5.74) is 0.584. The number of aryl methyl sites for hydroxylation is 2. The Morgan fingerprint density at radius 2 is 1.91 bits per heavy atom. The number of benzene rings is 2. The van der Waals surface area contributed by atoms with Gasteiger partial charge in [0, 0.05) is 43.7 Å². The maximum absolute atomic E-state index is 13.8. The van der Waals surface area contributed by atoms with Gasteiger partial charge in [-0.2, -0.15) is 18.2 Å². The average molecular weight is 492 g/mol. The molecule has 0 unspecified atom stereocenters. The first-order valence-electron chi connectivity index (χ1n) is 11.1. The Balaban J connectivity index is 1.35. The number of hydrogen-bond donors (Lipinski definition) is 1. The van der Waals surface area contributed by atoms with Crippen molar-refractivity contribution in [3.05, 3.63) is 64.8 Å². The van der Waals surface area contributed by atoms with E-state index in [0.29, 0.717) is 43.1 Å². The van der Waals surface area contributed by atoms with Gasteiger partial charge in [-0.1, -0.05) is 23.4 Å². The monoisotopic (exact) mass is 492 g/mol. The number of halogens is 4. The maximum atomic E-state index is 13.8. The largest absolute Gasteiger partial charge is 0.416 e. The predicted molar refractivity (Wildman–Crippen MR) is 119 cm³/mol. The zero-order valence-corrected chi connectivity index (χ0v) is 19.0. The van der Waals surface area contributed by atoms with Crippen LogP contribution >= 0.6 is 0 Å². The van der Waals surface area contributed by atoms with Gasteiger partial charge in [-0.3, -0.25) is 4.79 Å². The van der Waals surface area contributed by atoms with Crippen molar-refractivity contribution in [1.29, 1.82) is 0 Å². The molecule has 1 aliphatic rings. The first-order valence-corrected chi connectivity index (χ1v) is 11.1. The minimum Gasteiger partial charge on any atom is -0.378 e. The summed E-state index contributed by atoms with van der Waals surface area (Å²) in [4.78, 5) is 18.3. The molecule has 1 N–H and O–H groups in total. The fourth-order valence-electron chi connectivity index (χ4n) is 3.71. The number of rotatable bonds is 7. The quantitative estimate of drug-likeness (QED) is 0.496. The molecule has 1 fully saturated rings. The van der Waals surface area contributed by atoms with Gasteiger partial charge in [-0.25, -0.2) is 4.39 Å². The first kappa shape index (κ1) is 24.6. The summed E-state index contributed by atoms with van der Waals surface area (Å²) >= 11 is 0. The fourth-order valence-corrected chi connectivity index (χ4v) is 3.71. The summed E-state index contributed by atoms with van der Waals surface area (Å²) in [6.07, 6.45) is -4.52. The predicted octanol–water partition coefficient (Wildman–Crippen LogP) is 4.29. The van der Waals surface area contributed by atoms with E-state index in [9.17, 15) is 22.4 Å². The summed E-state index contributed by atoms with van der Waals surface area (Å²) in [5.74, 6) is -0.502. The molecule has 11 heteroatoms. The third-order valence-corrected chi connectivity index (χ3v) is 5.72. The minimum atomic E-state index is -4.56. The van der Waals surface area contributed by atoms with E-state index in [2.05, 4.69) is 15.5 Å². The molecule has 0 saturated carbocycles. The number of hydrogen-bond acceptors (Lipinski definition) is 6. The van der Waals surface area contributed by atoms with Crippen LogP contribution in [0.25, 0.3) is 11.4 Å². The second-order valence-corrected chi connectivity index (χ2v) is 8.19. The summed E-state index contributed by atoms with van der Waals surface area (Å²) < 4.78 is 65.1. The third kappa shape index (κ3) is 6.16. The molecule has 4 rings (SSSR count). The van der Waals surface area contributed by atoms with Crippen LogP contribution in [-0.2, 0) is 28.7 Å². The van der Waals surface area contributed by atoms with Crippen LogP contribution in [0.3, 0.4) is 0 Å². The van der Waals surface area contributed by atoms with Crippen molar-refractivity contribution in [3.8, 4) is 11.4 Å². The highest BCUT2D eigenvalue weighted by molar-refractivity contribution is 5.76. The molecule has 1 aromatic heterocycles. The van der Waals surface area contributed by atoms with E-state index in [4.69, 9.17) is 9.26 Å². The second kappa shape index (κ2) is 10.4. The molecule has 0 spiro atoms. The lowest BCUT2D eigenvalue weighted by Crippen LogP contribution is -2.36. The van der Waals surface area contributed by atoms with Crippen LogP contribution in [0.5, 0.6) is 0 Å². The lowest BCUT2D eigenvalue weighted by atomic mass is 10.0. The summed E-state index contributed by atoms with van der Waals surface area (Å²) in [6, 6.07) is 8.66. The van der Waals surface area contributed by atoms with Crippen LogP contribution in [0.1, 0.15) is 29.0 Å². The number of amides is 1. The molecule has 0 radical (unpaired) electrons. The van der Waals surface area contributed by atoms with E-state index in [1.54, 1.807) is 25.1 Å². The highest BCUT2D eigenvalue weighted by Gasteiger charge is 2.34. The zero-order chi connectivity index (χ0) is 25.0. The van der Waals surface area contributed by atoms with Crippen molar-refractivity contribution in [2.45, 2.75) is 32.5 Å². The van der Waals surface area contributed by atoms with Crippen LogP contribution in [-0.4, -0.2) is 42.4 Å². The molecule has 0 atom stereocenters. The minimum absolute atomic E-state index is 0.0238. The van der Waals surface area contributed by atoms with Crippen LogP contribution in [0.4, 0.5) is 23.2 Å². The summed E-state index contributed by atoms with van der Waals surface area (Å²) in [7, 11) is 0. The first-order chi connectivity index (χ1) is 16.7. The Morgan fingerprint density at radius 3 is 2.63 bits per heavy atom. The molecule has 2 heterocycles. The highest BCUT2D eigenvalue weighted by Crippen LogP contribution is 2.35. The molecule has 1 amide bonds. The Kier molecular flexibility index (Phi) is 7.34. The number of nitrogens with one attached hydrogen (secondary N) is 1. The topological polar surface area (TPSA) is 80.5 Å². The standard InChI is InChI=1S/C24H24F4N4O3/c1-15-2-3-16(12-20(15)25)23-30-22(35-31-23)7-6-21(33)29-14-17-4-5-18(13-19(17)24(26,27)28)32-8-10-34-11-9-32/h2-5,12-13H,6-11,14H2,1H3,(H,29,33). The van der Waals surface area contributed by atoms with Crippen LogP contribution < -0.4 is 10.2 Å². The summed E-state index contributed by atoms with van der Waals surface area (Å²) in [6.45, 7) is 3.32. The van der Waals surface area contributed by atoms with Crippen molar-refractivity contribution >= 4 is 11.6 Å². The van der Waals surface area contributed by atoms with Crippen LogP contribution in [0, 0.1) is 12.7 Å². The van der Waals surface area contributed by atoms with Gasteiger partial charge in [-0.05, 0) is 36.2 Å². The molecule has 2 aromatic carbocycles. The Bertz CT molecular complexity index is 1190. The number of aromatic nitrogens is 2. The molecule has 0 aliphatic carbocycles. The number of carbonyl (C=O) groups is 1. The smallest absolute Gasteiger partial charge is 0.378 e. The molecule has 3 aromatic rings. The van der Waals surface area contributed by atoms with Crippen LogP contribution in [0.15, 0.2) is 40.9 Å². The van der Waals surface area contributed by atoms with Gasteiger partial charge in [-0.15, -0.1) is 0 Å². The van der Waals surface area contributed by atoms with E-state index in [0.717, 1.165) is 6.07 Å². The molecular weight excluding hydrogens is 468 g/mol. The molecule has 0 bridgehead atoms. The molecule has 1 saturated heterocycles. The van der Waals surface area contributed by atoms with Gasteiger partial charge < -0.3 is 19.5 Å². The van der Waals surface area contributed by atoms with Gasteiger partial charge in [0.25, 0.3) is 0 Å². The number of morpholine rings is 1. The summed E-state index contributed by atoms with van der Waals surface area (Å²) in [5, 5.41) is 6.31. The third-order valence-electron chi connectivity index (χ3n) is 5.72. The number of alkyl halides is 3. The van der Waals surface area contributed by atoms with Gasteiger partial charge in [0.15, 0.2) is 0 Å². The van der Waals surface area contributed by atoms with Crippen molar-refractivity contribution in [2.75, 3.05) is 31.2 Å². The molecule has 186 valence electrons.